The molecule has 2 aromatic carbocycles. The van der Waals surface area contributed by atoms with Gasteiger partial charge in [-0.3, -0.25) is 4.79 Å². The summed E-state index contributed by atoms with van der Waals surface area (Å²) in [6.07, 6.45) is 13.5. The number of hydrogen-bond acceptors (Lipinski definition) is 5. The highest BCUT2D eigenvalue weighted by Crippen LogP contribution is 2.62. The number of rotatable bonds is 12. The van der Waals surface area contributed by atoms with Gasteiger partial charge in [0.15, 0.2) is 0 Å². The average molecular weight is 727 g/mol. The van der Waals surface area contributed by atoms with Crippen molar-refractivity contribution in [2.75, 3.05) is 19.8 Å². The molecule has 2 saturated carbocycles. The lowest BCUT2D eigenvalue weighted by molar-refractivity contribution is -0.132. The fourth-order valence-corrected chi connectivity index (χ4v) is 11.5. The molecule has 0 N–H and O–H groups in total. The smallest absolute Gasteiger partial charge is 0.308 e. The molecule has 0 heterocycles. The molecule has 0 aliphatic heterocycles. The minimum atomic E-state index is -0.313. The molecule has 0 spiro atoms. The first kappa shape index (κ1) is 40.0. The van der Waals surface area contributed by atoms with E-state index in [2.05, 4.69) is 113 Å². The van der Waals surface area contributed by atoms with Crippen molar-refractivity contribution in [3.63, 3.8) is 0 Å². The normalized spacial score (nSPS) is 29.6. The number of benzene rings is 2. The van der Waals surface area contributed by atoms with Crippen molar-refractivity contribution in [1.82, 2.24) is 0 Å². The van der Waals surface area contributed by atoms with Crippen molar-refractivity contribution in [2.45, 2.75) is 169 Å². The number of ether oxygens (including phenoxy) is 4. The van der Waals surface area contributed by atoms with Crippen LogP contribution < -0.4 is 9.47 Å². The Kier molecular flexibility index (Phi) is 11.4. The summed E-state index contributed by atoms with van der Waals surface area (Å²) < 4.78 is 26.9. The first-order chi connectivity index (χ1) is 24.9. The molecule has 2 fully saturated rings. The van der Waals surface area contributed by atoms with Crippen LogP contribution in [-0.4, -0.2) is 31.9 Å². The van der Waals surface area contributed by atoms with Crippen LogP contribution in [0.25, 0.3) is 6.08 Å². The molecule has 5 heteroatoms. The van der Waals surface area contributed by atoms with Gasteiger partial charge in [-0.2, -0.15) is 0 Å². The second-order valence-corrected chi connectivity index (χ2v) is 19.5. The largest absolute Gasteiger partial charge is 0.487 e. The Labute approximate surface area is 322 Å². The van der Waals surface area contributed by atoms with Crippen molar-refractivity contribution in [3.8, 4) is 11.5 Å². The summed E-state index contributed by atoms with van der Waals surface area (Å²) in [5.41, 5.74) is 7.58. The standard InChI is InChI=1S/C48H70O5/c1-13-14-23-50-24-25-51-42-36-27-35(31(4)5)39(52-32(6)49)29-38(36)48(12)22-16-20-46(9,10)44(48)43(42)53-40-28-37-33(26-34(40)30(2)3)17-18-41-45(7,8)19-15-21-47(37,41)11/h17-18,26-31,41-44H,13-16,19-25H2,1-12H3/t41-,42+,43+,44?,47+,48+/m0/s1. The zero-order chi connectivity index (χ0) is 38.5. The zero-order valence-electron chi connectivity index (χ0n) is 35.2. The van der Waals surface area contributed by atoms with Gasteiger partial charge in [-0.1, -0.05) is 108 Å². The van der Waals surface area contributed by atoms with Crippen LogP contribution in [0.5, 0.6) is 11.5 Å². The van der Waals surface area contributed by atoms with E-state index in [1.54, 1.807) is 0 Å². The third kappa shape index (κ3) is 7.40. The molecule has 6 rings (SSSR count). The highest BCUT2D eigenvalue weighted by molar-refractivity contribution is 5.70. The van der Waals surface area contributed by atoms with Crippen LogP contribution in [-0.2, 0) is 25.1 Å². The van der Waals surface area contributed by atoms with Crippen LogP contribution in [0.4, 0.5) is 0 Å². The van der Waals surface area contributed by atoms with Gasteiger partial charge in [0, 0.05) is 19.4 Å². The molecule has 0 bridgehead atoms. The van der Waals surface area contributed by atoms with Gasteiger partial charge < -0.3 is 18.9 Å². The monoisotopic (exact) mass is 727 g/mol. The summed E-state index contributed by atoms with van der Waals surface area (Å²) in [5, 5.41) is 0. The van der Waals surface area contributed by atoms with E-state index in [0.29, 0.717) is 30.8 Å². The number of allylic oxidation sites excluding steroid dienone is 1. The molecule has 0 aromatic heterocycles. The van der Waals surface area contributed by atoms with E-state index in [1.165, 1.54) is 54.0 Å². The maximum Gasteiger partial charge on any atom is 0.308 e. The molecule has 0 radical (unpaired) electrons. The Morgan fingerprint density at radius 3 is 2.08 bits per heavy atom. The van der Waals surface area contributed by atoms with Crippen molar-refractivity contribution in [1.29, 1.82) is 0 Å². The quantitative estimate of drug-likeness (QED) is 0.124. The third-order valence-electron chi connectivity index (χ3n) is 14.0. The van der Waals surface area contributed by atoms with Crippen LogP contribution in [0.2, 0.25) is 0 Å². The first-order valence-electron chi connectivity index (χ1n) is 21.0. The average Bonchev–Trinajstić information content (AvgIpc) is 3.06. The van der Waals surface area contributed by atoms with Gasteiger partial charge in [0.05, 0.1) is 13.2 Å². The molecule has 5 nitrogen and oxygen atoms in total. The van der Waals surface area contributed by atoms with Crippen LogP contribution >= 0.6 is 0 Å². The Morgan fingerprint density at radius 2 is 1.42 bits per heavy atom. The molecular formula is C48H70O5. The number of unbranched alkanes of at least 4 members (excludes halogenated alkanes) is 1. The minimum absolute atomic E-state index is 0.0215. The molecule has 2 aromatic rings. The van der Waals surface area contributed by atoms with Crippen molar-refractivity contribution in [3.05, 3.63) is 63.7 Å². The summed E-state index contributed by atoms with van der Waals surface area (Å²) in [6, 6.07) is 9.38. The summed E-state index contributed by atoms with van der Waals surface area (Å²) in [6.45, 7) is 29.2. The van der Waals surface area contributed by atoms with Gasteiger partial charge in [-0.05, 0) is 129 Å². The molecule has 4 aliphatic rings. The minimum Gasteiger partial charge on any atom is -0.487 e. The molecule has 0 amide bonds. The predicted octanol–water partition coefficient (Wildman–Crippen LogP) is 12.4. The number of carbonyl (C=O) groups is 1. The van der Waals surface area contributed by atoms with Crippen molar-refractivity contribution in [2.24, 2.45) is 22.7 Å². The van der Waals surface area contributed by atoms with E-state index in [1.807, 2.05) is 0 Å². The number of hydrogen-bond donors (Lipinski definition) is 0. The van der Waals surface area contributed by atoms with E-state index in [9.17, 15) is 4.79 Å². The van der Waals surface area contributed by atoms with E-state index < -0.39 is 0 Å². The van der Waals surface area contributed by atoms with Crippen LogP contribution in [0.1, 0.15) is 186 Å². The second-order valence-electron chi connectivity index (χ2n) is 19.5. The van der Waals surface area contributed by atoms with E-state index >= 15 is 0 Å². The maximum atomic E-state index is 12.4. The lowest BCUT2D eigenvalue weighted by atomic mass is 9.48. The Balaban J connectivity index is 1.53. The molecule has 4 aliphatic carbocycles. The first-order valence-corrected chi connectivity index (χ1v) is 21.0. The van der Waals surface area contributed by atoms with Gasteiger partial charge in [-0.25, -0.2) is 0 Å². The molecule has 6 atom stereocenters. The van der Waals surface area contributed by atoms with Gasteiger partial charge >= 0.3 is 5.97 Å². The summed E-state index contributed by atoms with van der Waals surface area (Å²) in [7, 11) is 0. The molecule has 0 saturated heterocycles. The Morgan fingerprint density at radius 1 is 0.774 bits per heavy atom. The van der Waals surface area contributed by atoms with Crippen LogP contribution in [0.3, 0.4) is 0 Å². The van der Waals surface area contributed by atoms with Crippen molar-refractivity contribution >= 4 is 12.0 Å². The second kappa shape index (κ2) is 15.1. The highest BCUT2D eigenvalue weighted by Gasteiger charge is 2.59. The van der Waals surface area contributed by atoms with Gasteiger partial charge in [0.1, 0.15) is 23.7 Å². The summed E-state index contributed by atoms with van der Waals surface area (Å²) >= 11 is 0. The number of fused-ring (bicyclic) bond motifs is 6. The summed E-state index contributed by atoms with van der Waals surface area (Å²) in [5.74, 6) is 2.51. The Bertz CT molecular complexity index is 1680. The van der Waals surface area contributed by atoms with E-state index in [0.717, 1.165) is 50.0 Å². The summed E-state index contributed by atoms with van der Waals surface area (Å²) in [4.78, 5) is 12.4. The zero-order valence-corrected chi connectivity index (χ0v) is 35.2. The molecule has 1 unspecified atom stereocenters. The molecule has 292 valence electrons. The van der Waals surface area contributed by atoms with E-state index in [4.69, 9.17) is 18.9 Å². The lowest BCUT2D eigenvalue weighted by Crippen LogP contribution is -2.58. The lowest BCUT2D eigenvalue weighted by Gasteiger charge is -2.58. The SMILES string of the molecule is CCCCOCCO[C@@H]1c2cc(C(C)C)c(OC(C)=O)cc2[C@@]2(C)CCCC(C)(C)C2[C@@H]1Oc1cc2c(cc1C(C)C)C=C[C@H]1C(C)(C)CCC[C@]21C. The van der Waals surface area contributed by atoms with Crippen LogP contribution in [0, 0.1) is 22.7 Å². The third-order valence-corrected chi connectivity index (χ3v) is 14.0. The van der Waals surface area contributed by atoms with Gasteiger partial charge in [-0.15, -0.1) is 0 Å². The van der Waals surface area contributed by atoms with Crippen molar-refractivity contribution < 1.29 is 23.7 Å². The maximum absolute atomic E-state index is 12.4. The van der Waals surface area contributed by atoms with Gasteiger partial charge in [0.2, 0.25) is 0 Å². The molecule has 53 heavy (non-hydrogen) atoms. The number of esters is 1. The number of carbonyl (C=O) groups excluding carboxylic acids is 1. The fraction of sp³-hybridized carbons (Fsp3) is 0.688. The highest BCUT2D eigenvalue weighted by atomic mass is 16.6. The topological polar surface area (TPSA) is 54.0 Å². The fourth-order valence-electron chi connectivity index (χ4n) is 11.5. The van der Waals surface area contributed by atoms with E-state index in [-0.39, 0.29) is 51.7 Å². The molecular weight excluding hydrogens is 657 g/mol. The Hall–Kier alpha value is -2.63. The predicted molar refractivity (Wildman–Crippen MR) is 217 cm³/mol. The van der Waals surface area contributed by atoms with Gasteiger partial charge in [0.25, 0.3) is 0 Å². The van der Waals surface area contributed by atoms with Crippen LogP contribution in [0.15, 0.2) is 30.3 Å².